The Hall–Kier alpha value is -2.12. The Bertz CT molecular complexity index is 894. The zero-order valence-corrected chi connectivity index (χ0v) is 20.0. The number of nitrogens with one attached hydrogen (secondary N) is 2. The fraction of sp³-hybridized carbons (Fsp3) is 0.625. The van der Waals surface area contributed by atoms with E-state index in [4.69, 9.17) is 22.3 Å². The Morgan fingerprint density at radius 2 is 1.97 bits per heavy atom. The van der Waals surface area contributed by atoms with Crippen molar-refractivity contribution in [3.63, 3.8) is 0 Å². The highest BCUT2D eigenvalue weighted by atomic mass is 35.5. The first-order valence-corrected chi connectivity index (χ1v) is 12.5. The molecule has 4 N–H and O–H groups in total. The molecule has 2 aliphatic rings. The van der Waals surface area contributed by atoms with Crippen LogP contribution in [0.25, 0.3) is 0 Å². The van der Waals surface area contributed by atoms with Crippen LogP contribution in [0.1, 0.15) is 63.9 Å². The molecule has 1 aliphatic heterocycles. The van der Waals surface area contributed by atoms with Crippen LogP contribution in [0.4, 0.5) is 23.5 Å². The summed E-state index contributed by atoms with van der Waals surface area (Å²) < 4.78 is 0. The summed E-state index contributed by atoms with van der Waals surface area (Å²) in [6.07, 6.45) is 9.98. The predicted molar refractivity (Wildman–Crippen MR) is 133 cm³/mol. The minimum absolute atomic E-state index is 0.235. The zero-order chi connectivity index (χ0) is 22.5. The van der Waals surface area contributed by atoms with Crippen LogP contribution in [0.3, 0.4) is 0 Å². The van der Waals surface area contributed by atoms with Crippen molar-refractivity contribution in [2.45, 2.75) is 77.3 Å². The summed E-state index contributed by atoms with van der Waals surface area (Å²) in [7, 11) is 0. The van der Waals surface area contributed by atoms with E-state index in [0.717, 1.165) is 30.8 Å². The smallest absolute Gasteiger partial charge is 0.233 e. The average Bonchev–Trinajstić information content (AvgIpc) is 3.31. The number of nitrogens with two attached hydrogens (primary N) is 1. The number of aromatic nitrogens is 3. The number of nitrogens with zero attached hydrogens (tertiary/aromatic N) is 4. The first-order chi connectivity index (χ1) is 15.5. The molecule has 174 valence electrons. The SMILES string of the molecule is CCC(C1CCCN1)N(CC1CCCCC1)c1nc(N)nc(Nc2ccc(C)c(Cl)c2)n1. The number of hydrogen-bond donors (Lipinski definition) is 3. The molecule has 8 heteroatoms. The van der Waals surface area contributed by atoms with E-state index in [1.165, 1.54) is 44.9 Å². The third kappa shape index (κ3) is 5.62. The minimum atomic E-state index is 0.235. The number of aryl methyl sites for hydroxylation is 1. The highest BCUT2D eigenvalue weighted by Gasteiger charge is 2.32. The molecule has 32 heavy (non-hydrogen) atoms. The lowest BCUT2D eigenvalue weighted by Crippen LogP contribution is -2.50. The van der Waals surface area contributed by atoms with Gasteiger partial charge >= 0.3 is 0 Å². The van der Waals surface area contributed by atoms with E-state index in [2.05, 4.69) is 32.4 Å². The van der Waals surface area contributed by atoms with Gasteiger partial charge in [0, 0.05) is 29.3 Å². The van der Waals surface area contributed by atoms with Gasteiger partial charge in [0.15, 0.2) is 0 Å². The van der Waals surface area contributed by atoms with Crippen molar-refractivity contribution in [1.82, 2.24) is 20.3 Å². The molecule has 2 unspecified atom stereocenters. The molecule has 0 radical (unpaired) electrons. The molecule has 1 aromatic carbocycles. The van der Waals surface area contributed by atoms with E-state index >= 15 is 0 Å². The van der Waals surface area contributed by atoms with Crippen molar-refractivity contribution >= 4 is 35.1 Å². The van der Waals surface area contributed by atoms with Gasteiger partial charge < -0.3 is 21.3 Å². The lowest BCUT2D eigenvalue weighted by atomic mass is 9.88. The van der Waals surface area contributed by atoms with Gasteiger partial charge in [-0.05, 0) is 69.2 Å². The number of anilines is 4. The van der Waals surface area contributed by atoms with Crippen LogP contribution in [0, 0.1) is 12.8 Å². The van der Waals surface area contributed by atoms with Crippen molar-refractivity contribution in [3.8, 4) is 0 Å². The normalized spacial score (nSPS) is 20.3. The highest BCUT2D eigenvalue weighted by molar-refractivity contribution is 6.31. The fourth-order valence-electron chi connectivity index (χ4n) is 5.14. The van der Waals surface area contributed by atoms with Crippen LogP contribution in [0.5, 0.6) is 0 Å². The average molecular weight is 458 g/mol. The summed E-state index contributed by atoms with van der Waals surface area (Å²) >= 11 is 6.30. The molecule has 1 aliphatic carbocycles. The zero-order valence-electron chi connectivity index (χ0n) is 19.3. The van der Waals surface area contributed by atoms with Gasteiger partial charge in [0.2, 0.25) is 17.8 Å². The predicted octanol–water partition coefficient (Wildman–Crippen LogP) is 5.08. The summed E-state index contributed by atoms with van der Waals surface area (Å²) in [5.74, 6) is 2.03. The molecule has 4 rings (SSSR count). The molecular weight excluding hydrogens is 422 g/mol. The summed E-state index contributed by atoms with van der Waals surface area (Å²) in [4.78, 5) is 16.2. The van der Waals surface area contributed by atoms with E-state index in [-0.39, 0.29) is 5.95 Å². The maximum atomic E-state index is 6.30. The second-order valence-corrected chi connectivity index (χ2v) is 9.65. The Kier molecular flexibility index (Phi) is 7.68. The number of nitrogen functional groups attached to an aromatic ring is 1. The van der Waals surface area contributed by atoms with Crippen LogP contribution in [-0.4, -0.2) is 40.1 Å². The molecule has 0 bridgehead atoms. The topological polar surface area (TPSA) is 92.0 Å². The van der Waals surface area contributed by atoms with Gasteiger partial charge in [-0.2, -0.15) is 15.0 Å². The van der Waals surface area contributed by atoms with Crippen LogP contribution in [0.15, 0.2) is 18.2 Å². The maximum absolute atomic E-state index is 6.30. The van der Waals surface area contributed by atoms with Gasteiger partial charge in [-0.15, -0.1) is 0 Å². The largest absolute Gasteiger partial charge is 0.368 e. The van der Waals surface area contributed by atoms with E-state index in [1.807, 2.05) is 25.1 Å². The third-order valence-corrected chi connectivity index (χ3v) is 7.29. The molecule has 0 spiro atoms. The first-order valence-electron chi connectivity index (χ1n) is 12.1. The van der Waals surface area contributed by atoms with Gasteiger partial charge in [0.1, 0.15) is 0 Å². The number of rotatable bonds is 8. The lowest BCUT2D eigenvalue weighted by Gasteiger charge is -2.38. The molecule has 1 saturated heterocycles. The lowest BCUT2D eigenvalue weighted by molar-refractivity contribution is 0.332. The van der Waals surface area contributed by atoms with E-state index < -0.39 is 0 Å². The highest BCUT2D eigenvalue weighted by Crippen LogP contribution is 2.30. The molecule has 2 atom stereocenters. The van der Waals surface area contributed by atoms with Gasteiger partial charge in [-0.1, -0.05) is 43.9 Å². The quantitative estimate of drug-likeness (QED) is 0.509. The van der Waals surface area contributed by atoms with Crippen molar-refractivity contribution in [2.75, 3.05) is 29.0 Å². The van der Waals surface area contributed by atoms with Crippen molar-refractivity contribution < 1.29 is 0 Å². The van der Waals surface area contributed by atoms with Crippen LogP contribution < -0.4 is 21.3 Å². The van der Waals surface area contributed by atoms with E-state index in [9.17, 15) is 0 Å². The monoisotopic (exact) mass is 457 g/mol. The molecule has 0 amide bonds. The summed E-state index contributed by atoms with van der Waals surface area (Å²) in [5.41, 5.74) is 8.03. The minimum Gasteiger partial charge on any atom is -0.368 e. The van der Waals surface area contributed by atoms with Gasteiger partial charge in [-0.25, -0.2) is 0 Å². The Morgan fingerprint density at radius 3 is 2.66 bits per heavy atom. The molecule has 1 saturated carbocycles. The maximum Gasteiger partial charge on any atom is 0.233 e. The summed E-state index contributed by atoms with van der Waals surface area (Å²) in [6, 6.07) is 6.62. The molecule has 2 heterocycles. The molecule has 2 aromatic rings. The second kappa shape index (κ2) is 10.7. The third-order valence-electron chi connectivity index (χ3n) is 6.89. The number of hydrogen-bond acceptors (Lipinski definition) is 7. The number of benzene rings is 1. The van der Waals surface area contributed by atoms with E-state index in [0.29, 0.717) is 34.9 Å². The van der Waals surface area contributed by atoms with Crippen LogP contribution >= 0.6 is 11.6 Å². The second-order valence-electron chi connectivity index (χ2n) is 9.24. The van der Waals surface area contributed by atoms with Crippen LogP contribution in [-0.2, 0) is 0 Å². The van der Waals surface area contributed by atoms with Gasteiger partial charge in [0.25, 0.3) is 0 Å². The fourth-order valence-corrected chi connectivity index (χ4v) is 5.32. The molecular formula is C24H36ClN7. The Morgan fingerprint density at radius 1 is 1.16 bits per heavy atom. The Labute approximate surface area is 196 Å². The van der Waals surface area contributed by atoms with Crippen molar-refractivity contribution in [3.05, 3.63) is 28.8 Å². The van der Waals surface area contributed by atoms with Gasteiger partial charge in [-0.3, -0.25) is 0 Å². The van der Waals surface area contributed by atoms with Crippen LogP contribution in [0.2, 0.25) is 5.02 Å². The van der Waals surface area contributed by atoms with Crippen molar-refractivity contribution in [2.24, 2.45) is 5.92 Å². The molecule has 7 nitrogen and oxygen atoms in total. The Balaban J connectivity index is 1.63. The molecule has 1 aromatic heterocycles. The summed E-state index contributed by atoms with van der Waals surface area (Å²) in [6.45, 7) is 6.29. The van der Waals surface area contributed by atoms with Crippen molar-refractivity contribution in [1.29, 1.82) is 0 Å². The summed E-state index contributed by atoms with van der Waals surface area (Å²) in [5, 5.41) is 7.67. The number of halogens is 1. The molecule has 2 fully saturated rings. The first kappa shape index (κ1) is 23.1. The standard InChI is InChI=1S/C24H36ClN7/c1-3-21(20-10-7-13-27-20)32(15-17-8-5-4-6-9-17)24-30-22(26)29-23(31-24)28-18-12-11-16(2)19(25)14-18/h11-12,14,17,20-21,27H,3-10,13,15H2,1-2H3,(H3,26,28,29,30,31). The van der Waals surface area contributed by atoms with Gasteiger partial charge in [0.05, 0.1) is 0 Å². The van der Waals surface area contributed by atoms with E-state index in [1.54, 1.807) is 0 Å².